The van der Waals surface area contributed by atoms with Crippen LogP contribution >= 0.6 is 11.3 Å². The van der Waals surface area contributed by atoms with Gasteiger partial charge in [-0.15, -0.1) is 11.3 Å². The molecule has 1 aromatic heterocycles. The third kappa shape index (κ3) is 2.92. The first-order valence-corrected chi connectivity index (χ1v) is 8.03. The molecule has 0 aliphatic heterocycles. The first-order chi connectivity index (χ1) is 10.7. The molecule has 1 heterocycles. The van der Waals surface area contributed by atoms with Crippen molar-refractivity contribution in [3.05, 3.63) is 34.3 Å². The van der Waals surface area contributed by atoms with E-state index in [9.17, 15) is 4.79 Å². The highest BCUT2D eigenvalue weighted by Crippen LogP contribution is 2.31. The number of thiazole rings is 1. The van der Waals surface area contributed by atoms with Crippen LogP contribution in [0.15, 0.2) is 23.7 Å². The molecular weight excluding hydrogens is 300 g/mol. The Morgan fingerprint density at radius 1 is 1.32 bits per heavy atom. The molecule has 0 spiro atoms. The van der Waals surface area contributed by atoms with Crippen LogP contribution in [-0.4, -0.2) is 25.1 Å². The molecule has 2 aromatic rings. The second-order valence-corrected chi connectivity index (χ2v) is 6.16. The molecular formula is C16H18N2O3S. The molecule has 0 radical (unpaired) electrons. The Labute approximate surface area is 133 Å². The molecule has 5 nitrogen and oxygen atoms in total. The fraction of sp³-hybridized carbons (Fsp3) is 0.375. The molecule has 3 rings (SSSR count). The van der Waals surface area contributed by atoms with Crippen molar-refractivity contribution in [2.45, 2.75) is 19.3 Å². The van der Waals surface area contributed by atoms with E-state index in [0.717, 1.165) is 30.6 Å². The molecule has 1 aliphatic carbocycles. The van der Waals surface area contributed by atoms with Crippen molar-refractivity contribution in [2.75, 3.05) is 19.5 Å². The number of aromatic nitrogens is 1. The summed E-state index contributed by atoms with van der Waals surface area (Å²) in [5.41, 5.74) is 3.73. The standard InChI is InChI=1S/C16H18N2O3S/c1-20-13-6-4-11(8-14(13)21-2)18-16(19)10-3-5-12-15(7-10)22-9-17-12/h4,6,8-10H,3,5,7H2,1-2H3,(H,18,19). The number of nitrogens with zero attached hydrogens (tertiary/aromatic N) is 1. The summed E-state index contributed by atoms with van der Waals surface area (Å²) in [6.07, 6.45) is 2.50. The van der Waals surface area contributed by atoms with E-state index in [0.29, 0.717) is 11.5 Å². The van der Waals surface area contributed by atoms with Crippen molar-refractivity contribution in [1.29, 1.82) is 0 Å². The first kappa shape index (κ1) is 14.8. The quantitative estimate of drug-likeness (QED) is 0.941. The Kier molecular flexibility index (Phi) is 4.29. The Bertz CT molecular complexity index is 684. The van der Waals surface area contributed by atoms with E-state index in [1.807, 2.05) is 11.6 Å². The van der Waals surface area contributed by atoms with Crippen molar-refractivity contribution in [3.8, 4) is 11.5 Å². The normalized spacial score (nSPS) is 16.7. The number of rotatable bonds is 4. The number of carbonyl (C=O) groups excluding carboxylic acids is 1. The fourth-order valence-corrected chi connectivity index (χ4v) is 3.58. The molecule has 1 aliphatic rings. The number of carbonyl (C=O) groups is 1. The zero-order valence-corrected chi connectivity index (χ0v) is 13.4. The molecule has 22 heavy (non-hydrogen) atoms. The summed E-state index contributed by atoms with van der Waals surface area (Å²) >= 11 is 1.64. The number of anilines is 1. The van der Waals surface area contributed by atoms with Gasteiger partial charge in [0, 0.05) is 22.5 Å². The molecule has 1 unspecified atom stereocenters. The van der Waals surface area contributed by atoms with Crippen LogP contribution in [0.4, 0.5) is 5.69 Å². The van der Waals surface area contributed by atoms with E-state index in [1.54, 1.807) is 37.7 Å². The van der Waals surface area contributed by atoms with Gasteiger partial charge in [-0.25, -0.2) is 4.98 Å². The Morgan fingerprint density at radius 2 is 2.14 bits per heavy atom. The number of aryl methyl sites for hydroxylation is 1. The molecule has 1 atom stereocenters. The second-order valence-electron chi connectivity index (χ2n) is 5.22. The predicted octanol–water partition coefficient (Wildman–Crippen LogP) is 2.90. The van der Waals surface area contributed by atoms with E-state index < -0.39 is 0 Å². The summed E-state index contributed by atoms with van der Waals surface area (Å²) in [6, 6.07) is 5.38. The minimum absolute atomic E-state index is 0.000969. The van der Waals surface area contributed by atoms with Gasteiger partial charge in [-0.3, -0.25) is 4.79 Å². The van der Waals surface area contributed by atoms with Gasteiger partial charge in [0.2, 0.25) is 5.91 Å². The van der Waals surface area contributed by atoms with Gasteiger partial charge in [0.25, 0.3) is 0 Å². The van der Waals surface area contributed by atoms with Gasteiger partial charge < -0.3 is 14.8 Å². The van der Waals surface area contributed by atoms with Crippen molar-refractivity contribution in [2.24, 2.45) is 5.92 Å². The molecule has 0 saturated heterocycles. The number of hydrogen-bond acceptors (Lipinski definition) is 5. The summed E-state index contributed by atoms with van der Waals surface area (Å²) < 4.78 is 10.5. The smallest absolute Gasteiger partial charge is 0.227 e. The Balaban J connectivity index is 1.70. The van der Waals surface area contributed by atoms with Crippen LogP contribution in [0, 0.1) is 5.92 Å². The molecule has 0 fully saturated rings. The lowest BCUT2D eigenvalue weighted by molar-refractivity contribution is -0.120. The van der Waals surface area contributed by atoms with Gasteiger partial charge in [-0.05, 0) is 31.4 Å². The highest BCUT2D eigenvalue weighted by atomic mass is 32.1. The van der Waals surface area contributed by atoms with Crippen molar-refractivity contribution in [3.63, 3.8) is 0 Å². The van der Waals surface area contributed by atoms with Gasteiger partial charge in [0.15, 0.2) is 11.5 Å². The number of nitrogens with one attached hydrogen (secondary N) is 1. The van der Waals surface area contributed by atoms with Gasteiger partial charge >= 0.3 is 0 Å². The molecule has 0 saturated carbocycles. The third-order valence-electron chi connectivity index (χ3n) is 3.91. The minimum Gasteiger partial charge on any atom is -0.493 e. The van der Waals surface area contributed by atoms with Crippen LogP contribution in [0.3, 0.4) is 0 Å². The zero-order chi connectivity index (χ0) is 15.5. The van der Waals surface area contributed by atoms with Crippen molar-refractivity contribution < 1.29 is 14.3 Å². The molecule has 0 bridgehead atoms. The van der Waals surface area contributed by atoms with Gasteiger partial charge in [0.1, 0.15) is 0 Å². The zero-order valence-electron chi connectivity index (χ0n) is 12.6. The van der Waals surface area contributed by atoms with E-state index in [1.165, 1.54) is 4.88 Å². The number of methoxy groups -OCH3 is 2. The lowest BCUT2D eigenvalue weighted by Gasteiger charge is -2.20. The van der Waals surface area contributed by atoms with E-state index >= 15 is 0 Å². The lowest BCUT2D eigenvalue weighted by atomic mass is 9.90. The summed E-state index contributed by atoms with van der Waals surface area (Å²) in [6.45, 7) is 0. The molecule has 1 N–H and O–H groups in total. The van der Waals surface area contributed by atoms with E-state index in [-0.39, 0.29) is 11.8 Å². The molecule has 1 amide bonds. The van der Waals surface area contributed by atoms with Gasteiger partial charge in [-0.2, -0.15) is 0 Å². The maximum absolute atomic E-state index is 12.5. The predicted molar refractivity (Wildman–Crippen MR) is 85.8 cm³/mol. The van der Waals surface area contributed by atoms with Crippen LogP contribution < -0.4 is 14.8 Å². The maximum Gasteiger partial charge on any atom is 0.227 e. The second kappa shape index (κ2) is 6.36. The SMILES string of the molecule is COc1ccc(NC(=O)C2CCc3ncsc3C2)cc1OC. The molecule has 116 valence electrons. The summed E-state index contributed by atoms with van der Waals surface area (Å²) in [7, 11) is 3.17. The largest absolute Gasteiger partial charge is 0.493 e. The van der Waals surface area contributed by atoms with Crippen LogP contribution in [0.1, 0.15) is 17.0 Å². The van der Waals surface area contributed by atoms with Crippen LogP contribution in [-0.2, 0) is 17.6 Å². The average molecular weight is 318 g/mol. The minimum atomic E-state index is 0.000969. The summed E-state index contributed by atoms with van der Waals surface area (Å²) in [4.78, 5) is 18.0. The highest BCUT2D eigenvalue weighted by molar-refractivity contribution is 7.09. The molecule has 1 aromatic carbocycles. The number of fused-ring (bicyclic) bond motifs is 1. The molecule has 6 heteroatoms. The fourth-order valence-electron chi connectivity index (χ4n) is 2.68. The average Bonchev–Trinajstić information content (AvgIpc) is 3.02. The Morgan fingerprint density at radius 3 is 2.91 bits per heavy atom. The maximum atomic E-state index is 12.5. The highest BCUT2D eigenvalue weighted by Gasteiger charge is 2.26. The van der Waals surface area contributed by atoms with E-state index in [4.69, 9.17) is 9.47 Å². The number of amides is 1. The van der Waals surface area contributed by atoms with Gasteiger partial charge in [0.05, 0.1) is 25.4 Å². The van der Waals surface area contributed by atoms with Crippen molar-refractivity contribution >= 4 is 22.9 Å². The summed E-state index contributed by atoms with van der Waals surface area (Å²) in [5, 5.41) is 2.97. The monoisotopic (exact) mass is 318 g/mol. The summed E-state index contributed by atoms with van der Waals surface area (Å²) in [5.74, 6) is 1.30. The number of benzene rings is 1. The van der Waals surface area contributed by atoms with Crippen LogP contribution in [0.25, 0.3) is 0 Å². The third-order valence-corrected chi connectivity index (χ3v) is 4.81. The number of hydrogen-bond donors (Lipinski definition) is 1. The Hall–Kier alpha value is -2.08. The van der Waals surface area contributed by atoms with Crippen molar-refractivity contribution in [1.82, 2.24) is 4.98 Å². The topological polar surface area (TPSA) is 60.5 Å². The van der Waals surface area contributed by atoms with E-state index in [2.05, 4.69) is 10.3 Å². The number of ether oxygens (including phenoxy) is 2. The van der Waals surface area contributed by atoms with Crippen LogP contribution in [0.2, 0.25) is 0 Å². The lowest BCUT2D eigenvalue weighted by Crippen LogP contribution is -2.27. The van der Waals surface area contributed by atoms with Gasteiger partial charge in [-0.1, -0.05) is 0 Å². The van der Waals surface area contributed by atoms with Crippen LogP contribution in [0.5, 0.6) is 11.5 Å². The first-order valence-electron chi connectivity index (χ1n) is 7.15.